The van der Waals surface area contributed by atoms with E-state index in [2.05, 4.69) is 5.32 Å². The fourth-order valence-corrected chi connectivity index (χ4v) is 1.49. The summed E-state index contributed by atoms with van der Waals surface area (Å²) >= 11 is 0. The van der Waals surface area contributed by atoms with Gasteiger partial charge in [0.2, 0.25) is 0 Å². The fraction of sp³-hybridized carbons (Fsp3) is 0.889. The second-order valence-electron chi connectivity index (χ2n) is 3.76. The SMILES string of the molecule is CCNC(=O)N1CCOC(C)(CN)C1. The average molecular weight is 201 g/mol. The van der Waals surface area contributed by atoms with E-state index in [0.717, 1.165) is 0 Å². The molecule has 3 N–H and O–H groups in total. The van der Waals surface area contributed by atoms with Gasteiger partial charge in [0.25, 0.3) is 0 Å². The van der Waals surface area contributed by atoms with Crippen LogP contribution in [0.25, 0.3) is 0 Å². The summed E-state index contributed by atoms with van der Waals surface area (Å²) in [6, 6.07) is -0.0320. The van der Waals surface area contributed by atoms with Crippen LogP contribution in [0, 0.1) is 0 Å². The molecule has 1 saturated heterocycles. The van der Waals surface area contributed by atoms with Crippen LogP contribution in [0.15, 0.2) is 0 Å². The number of amides is 2. The summed E-state index contributed by atoms with van der Waals surface area (Å²) in [5, 5.41) is 2.77. The first-order chi connectivity index (χ1) is 6.61. The Hall–Kier alpha value is -0.810. The first-order valence-corrected chi connectivity index (χ1v) is 4.98. The van der Waals surface area contributed by atoms with E-state index in [1.54, 1.807) is 4.90 Å². The fourth-order valence-electron chi connectivity index (χ4n) is 1.49. The molecule has 0 aromatic rings. The average Bonchev–Trinajstić information content (AvgIpc) is 2.18. The van der Waals surface area contributed by atoms with Crippen LogP contribution in [0.4, 0.5) is 4.79 Å². The summed E-state index contributed by atoms with van der Waals surface area (Å²) in [5.41, 5.74) is 5.20. The smallest absolute Gasteiger partial charge is 0.317 e. The van der Waals surface area contributed by atoms with Gasteiger partial charge in [0, 0.05) is 19.6 Å². The maximum atomic E-state index is 11.5. The van der Waals surface area contributed by atoms with Gasteiger partial charge in [-0.3, -0.25) is 0 Å². The normalized spacial score (nSPS) is 27.5. The molecule has 1 rings (SSSR count). The predicted molar refractivity (Wildman–Crippen MR) is 54.1 cm³/mol. The lowest BCUT2D eigenvalue weighted by atomic mass is 10.1. The number of ether oxygens (including phenoxy) is 1. The number of hydrogen-bond donors (Lipinski definition) is 2. The predicted octanol–water partition coefficient (Wildman–Crippen LogP) is -0.234. The Bertz CT molecular complexity index is 210. The molecule has 1 atom stereocenters. The van der Waals surface area contributed by atoms with Crippen molar-refractivity contribution in [3.63, 3.8) is 0 Å². The summed E-state index contributed by atoms with van der Waals surface area (Å²) in [6.45, 7) is 6.68. The Morgan fingerprint density at radius 1 is 1.71 bits per heavy atom. The molecular formula is C9H19N3O2. The van der Waals surface area contributed by atoms with Crippen molar-refractivity contribution in [2.75, 3.05) is 32.8 Å². The minimum atomic E-state index is -0.386. The third kappa shape index (κ3) is 2.59. The molecule has 2 amide bonds. The number of nitrogens with two attached hydrogens (primary N) is 1. The van der Waals surface area contributed by atoms with Gasteiger partial charge in [-0.05, 0) is 13.8 Å². The molecule has 1 fully saturated rings. The Morgan fingerprint density at radius 2 is 2.43 bits per heavy atom. The van der Waals surface area contributed by atoms with Crippen molar-refractivity contribution in [2.24, 2.45) is 5.73 Å². The second kappa shape index (κ2) is 4.61. The third-order valence-electron chi connectivity index (χ3n) is 2.38. The van der Waals surface area contributed by atoms with Crippen LogP contribution >= 0.6 is 0 Å². The molecule has 1 aliphatic heterocycles. The summed E-state index contributed by atoms with van der Waals surface area (Å²) in [4.78, 5) is 13.3. The number of urea groups is 1. The Labute approximate surface area is 84.6 Å². The second-order valence-corrected chi connectivity index (χ2v) is 3.76. The molecule has 14 heavy (non-hydrogen) atoms. The van der Waals surface area contributed by atoms with E-state index in [1.165, 1.54) is 0 Å². The van der Waals surface area contributed by atoms with Gasteiger partial charge < -0.3 is 20.7 Å². The number of nitrogens with one attached hydrogen (secondary N) is 1. The first kappa shape index (κ1) is 11.3. The van der Waals surface area contributed by atoms with Crippen LogP contribution in [0.1, 0.15) is 13.8 Å². The number of morpholine rings is 1. The van der Waals surface area contributed by atoms with Crippen molar-refractivity contribution in [2.45, 2.75) is 19.4 Å². The summed E-state index contributed by atoms with van der Waals surface area (Å²) in [7, 11) is 0. The maximum Gasteiger partial charge on any atom is 0.317 e. The molecule has 1 unspecified atom stereocenters. The number of carbonyl (C=O) groups is 1. The van der Waals surface area contributed by atoms with E-state index in [0.29, 0.717) is 32.8 Å². The summed E-state index contributed by atoms with van der Waals surface area (Å²) in [5.74, 6) is 0. The largest absolute Gasteiger partial charge is 0.370 e. The lowest BCUT2D eigenvalue weighted by Gasteiger charge is -2.39. The van der Waals surface area contributed by atoms with Crippen LogP contribution in [-0.4, -0.2) is 49.3 Å². The molecule has 0 aromatic carbocycles. The number of rotatable bonds is 2. The molecule has 0 saturated carbocycles. The van der Waals surface area contributed by atoms with Crippen molar-refractivity contribution in [3.8, 4) is 0 Å². The van der Waals surface area contributed by atoms with Gasteiger partial charge in [0.05, 0.1) is 18.8 Å². The van der Waals surface area contributed by atoms with E-state index in [4.69, 9.17) is 10.5 Å². The van der Waals surface area contributed by atoms with E-state index < -0.39 is 0 Å². The molecule has 82 valence electrons. The summed E-state index contributed by atoms with van der Waals surface area (Å²) in [6.07, 6.45) is 0. The van der Waals surface area contributed by atoms with Crippen molar-refractivity contribution in [1.29, 1.82) is 0 Å². The van der Waals surface area contributed by atoms with E-state index in [1.807, 2.05) is 13.8 Å². The Balaban J connectivity index is 2.51. The van der Waals surface area contributed by atoms with Crippen LogP contribution in [0.5, 0.6) is 0 Å². The van der Waals surface area contributed by atoms with Gasteiger partial charge >= 0.3 is 6.03 Å². The van der Waals surface area contributed by atoms with Gasteiger partial charge in [-0.2, -0.15) is 0 Å². The molecule has 0 aliphatic carbocycles. The highest BCUT2D eigenvalue weighted by Crippen LogP contribution is 2.15. The number of nitrogens with zero attached hydrogens (tertiary/aromatic N) is 1. The zero-order valence-corrected chi connectivity index (χ0v) is 8.88. The molecule has 1 heterocycles. The van der Waals surface area contributed by atoms with E-state index in [9.17, 15) is 4.79 Å². The third-order valence-corrected chi connectivity index (χ3v) is 2.38. The summed E-state index contributed by atoms with van der Waals surface area (Å²) < 4.78 is 5.53. The molecule has 5 nitrogen and oxygen atoms in total. The van der Waals surface area contributed by atoms with E-state index in [-0.39, 0.29) is 11.6 Å². The standard InChI is InChI=1S/C9H19N3O2/c1-3-11-8(13)12-4-5-14-9(2,6-10)7-12/h3-7,10H2,1-2H3,(H,11,13). The minimum absolute atomic E-state index is 0.0320. The minimum Gasteiger partial charge on any atom is -0.370 e. The molecule has 5 heteroatoms. The maximum absolute atomic E-state index is 11.5. The van der Waals surface area contributed by atoms with Gasteiger partial charge in [-0.25, -0.2) is 4.79 Å². The van der Waals surface area contributed by atoms with Gasteiger partial charge in [-0.15, -0.1) is 0 Å². The van der Waals surface area contributed by atoms with Crippen molar-refractivity contribution < 1.29 is 9.53 Å². The quantitative estimate of drug-likeness (QED) is 0.648. The monoisotopic (exact) mass is 201 g/mol. The highest BCUT2D eigenvalue weighted by atomic mass is 16.5. The highest BCUT2D eigenvalue weighted by molar-refractivity contribution is 5.74. The molecular weight excluding hydrogens is 182 g/mol. The van der Waals surface area contributed by atoms with Crippen LogP contribution in [-0.2, 0) is 4.74 Å². The van der Waals surface area contributed by atoms with Crippen molar-refractivity contribution in [1.82, 2.24) is 10.2 Å². The molecule has 0 bridgehead atoms. The number of carbonyl (C=O) groups excluding carboxylic acids is 1. The van der Waals surface area contributed by atoms with Gasteiger partial charge in [0.15, 0.2) is 0 Å². The highest BCUT2D eigenvalue weighted by Gasteiger charge is 2.32. The van der Waals surface area contributed by atoms with Crippen LogP contribution < -0.4 is 11.1 Å². The Morgan fingerprint density at radius 3 is 3.00 bits per heavy atom. The molecule has 0 spiro atoms. The lowest BCUT2D eigenvalue weighted by Crippen LogP contribution is -2.57. The molecule has 0 aromatic heterocycles. The lowest BCUT2D eigenvalue weighted by molar-refractivity contribution is -0.0791. The first-order valence-electron chi connectivity index (χ1n) is 4.98. The zero-order valence-electron chi connectivity index (χ0n) is 8.88. The van der Waals surface area contributed by atoms with E-state index >= 15 is 0 Å². The zero-order chi connectivity index (χ0) is 10.6. The molecule has 0 radical (unpaired) electrons. The van der Waals surface area contributed by atoms with Crippen molar-refractivity contribution in [3.05, 3.63) is 0 Å². The van der Waals surface area contributed by atoms with Crippen LogP contribution in [0.3, 0.4) is 0 Å². The van der Waals surface area contributed by atoms with Gasteiger partial charge in [-0.1, -0.05) is 0 Å². The molecule has 1 aliphatic rings. The Kier molecular flexibility index (Phi) is 3.71. The topological polar surface area (TPSA) is 67.6 Å². The number of hydrogen-bond acceptors (Lipinski definition) is 3. The van der Waals surface area contributed by atoms with Gasteiger partial charge in [0.1, 0.15) is 0 Å². The van der Waals surface area contributed by atoms with Crippen LogP contribution in [0.2, 0.25) is 0 Å². The van der Waals surface area contributed by atoms with Crippen molar-refractivity contribution >= 4 is 6.03 Å².